The van der Waals surface area contributed by atoms with Crippen molar-refractivity contribution in [3.63, 3.8) is 0 Å². The van der Waals surface area contributed by atoms with Gasteiger partial charge in [0.15, 0.2) is 0 Å². The summed E-state index contributed by atoms with van der Waals surface area (Å²) in [5.74, 6) is -0.536. The third-order valence-corrected chi connectivity index (χ3v) is 5.64. The van der Waals surface area contributed by atoms with E-state index in [0.717, 1.165) is 4.31 Å². The molecule has 0 saturated carbocycles. The number of carbonyl (C=O) groups excluding carboxylic acids is 1. The maximum absolute atomic E-state index is 12.6. The van der Waals surface area contributed by atoms with Crippen molar-refractivity contribution in [2.24, 2.45) is 0 Å². The van der Waals surface area contributed by atoms with Crippen molar-refractivity contribution in [3.05, 3.63) is 58.1 Å². The fourth-order valence-electron chi connectivity index (χ4n) is 2.33. The fourth-order valence-corrected chi connectivity index (χ4v) is 3.23. The van der Waals surface area contributed by atoms with Crippen LogP contribution >= 0.6 is 0 Å². The number of hydrogen-bond donors (Lipinski definition) is 1. The first-order chi connectivity index (χ1) is 12.5. The number of hydrogen-bond acceptors (Lipinski definition) is 6. The van der Waals surface area contributed by atoms with Crippen LogP contribution in [0.4, 0.5) is 17.1 Å². The summed E-state index contributed by atoms with van der Waals surface area (Å²) in [5.41, 5.74) is 0.830. The summed E-state index contributed by atoms with van der Waals surface area (Å²) in [6.07, 6.45) is 0. The molecule has 0 saturated heterocycles. The van der Waals surface area contributed by atoms with Crippen LogP contribution in [0.15, 0.2) is 47.4 Å². The molecule has 0 radical (unpaired) electrons. The molecule has 10 heteroatoms. The first kappa shape index (κ1) is 20.3. The van der Waals surface area contributed by atoms with Crippen LogP contribution in [0, 0.1) is 10.1 Å². The summed E-state index contributed by atoms with van der Waals surface area (Å²) in [4.78, 5) is 24.8. The average Bonchev–Trinajstić information content (AvgIpc) is 2.61. The Balaban J connectivity index is 2.32. The molecule has 0 heterocycles. The number of benzene rings is 2. The van der Waals surface area contributed by atoms with E-state index in [1.807, 2.05) is 0 Å². The smallest absolute Gasteiger partial charge is 0.270 e. The van der Waals surface area contributed by atoms with Gasteiger partial charge in [-0.25, -0.2) is 12.7 Å². The number of nitrogens with one attached hydrogen (secondary N) is 1. The molecule has 0 aromatic heterocycles. The summed E-state index contributed by atoms with van der Waals surface area (Å²) in [6.45, 7) is 0. The number of sulfonamides is 1. The largest absolute Gasteiger partial charge is 0.377 e. The molecule has 2 aromatic rings. The normalized spacial score (nSPS) is 11.3. The second-order valence-corrected chi connectivity index (χ2v) is 8.27. The van der Waals surface area contributed by atoms with E-state index >= 15 is 0 Å². The molecular weight excluding hydrogens is 372 g/mol. The van der Waals surface area contributed by atoms with E-state index in [0.29, 0.717) is 11.4 Å². The van der Waals surface area contributed by atoms with E-state index in [2.05, 4.69) is 5.32 Å². The van der Waals surface area contributed by atoms with Gasteiger partial charge >= 0.3 is 0 Å². The lowest BCUT2D eigenvalue weighted by Gasteiger charge is -2.17. The molecule has 0 spiro atoms. The quantitative estimate of drug-likeness (QED) is 0.595. The van der Waals surface area contributed by atoms with E-state index in [1.165, 1.54) is 56.6 Å². The molecule has 0 aliphatic heterocycles. The highest BCUT2D eigenvalue weighted by Gasteiger charge is 2.19. The highest BCUT2D eigenvalue weighted by atomic mass is 32.2. The van der Waals surface area contributed by atoms with Crippen LogP contribution < -0.4 is 10.2 Å². The molecule has 2 rings (SSSR count). The van der Waals surface area contributed by atoms with Gasteiger partial charge in [0.05, 0.1) is 15.4 Å². The number of nitro groups is 1. The predicted octanol–water partition coefficient (Wildman–Crippen LogP) is 2.16. The second-order valence-electron chi connectivity index (χ2n) is 6.12. The van der Waals surface area contributed by atoms with Crippen molar-refractivity contribution in [3.8, 4) is 0 Å². The van der Waals surface area contributed by atoms with Gasteiger partial charge in [-0.3, -0.25) is 14.9 Å². The number of anilines is 2. The zero-order chi connectivity index (χ0) is 20.4. The first-order valence-corrected chi connectivity index (χ1v) is 9.27. The Hall–Kier alpha value is -2.98. The predicted molar refractivity (Wildman–Crippen MR) is 103 cm³/mol. The molecule has 0 unspecified atom stereocenters. The van der Waals surface area contributed by atoms with Gasteiger partial charge in [0, 0.05) is 51.7 Å². The zero-order valence-corrected chi connectivity index (χ0v) is 16.1. The van der Waals surface area contributed by atoms with Gasteiger partial charge in [0.2, 0.25) is 10.0 Å². The highest BCUT2D eigenvalue weighted by Crippen LogP contribution is 2.25. The first-order valence-electron chi connectivity index (χ1n) is 7.83. The second kappa shape index (κ2) is 7.72. The molecule has 0 aliphatic carbocycles. The molecule has 27 heavy (non-hydrogen) atoms. The zero-order valence-electron chi connectivity index (χ0n) is 15.3. The van der Waals surface area contributed by atoms with Gasteiger partial charge in [-0.05, 0) is 30.3 Å². The van der Waals surface area contributed by atoms with Crippen LogP contribution in [0.5, 0.6) is 0 Å². The summed E-state index contributed by atoms with van der Waals surface area (Å²) >= 11 is 0. The van der Waals surface area contributed by atoms with Gasteiger partial charge in [0.25, 0.3) is 11.6 Å². The van der Waals surface area contributed by atoms with Crippen molar-refractivity contribution < 1.29 is 18.1 Å². The minimum absolute atomic E-state index is 0.0924. The molecule has 0 bridgehead atoms. The monoisotopic (exact) mass is 392 g/mol. The maximum Gasteiger partial charge on any atom is 0.270 e. The van der Waals surface area contributed by atoms with Gasteiger partial charge in [-0.1, -0.05) is 0 Å². The van der Waals surface area contributed by atoms with Crippen LogP contribution in [0.25, 0.3) is 0 Å². The number of amides is 1. The minimum Gasteiger partial charge on any atom is -0.377 e. The number of nitrogens with zero attached hydrogens (tertiary/aromatic N) is 3. The Bertz CT molecular complexity index is 969. The molecule has 144 valence electrons. The summed E-state index contributed by atoms with van der Waals surface area (Å²) in [7, 11) is 2.73. The standard InChI is InChI=1S/C17H20N4O5S/c1-19(2)16-10-7-13(21(23)24)11-15(16)17(22)18-12-5-8-14(9-6-12)27(25,26)20(3)4/h5-11H,1-4H3,(H,18,22). The van der Waals surface area contributed by atoms with E-state index in [4.69, 9.17) is 0 Å². The highest BCUT2D eigenvalue weighted by molar-refractivity contribution is 7.89. The minimum atomic E-state index is -3.57. The lowest BCUT2D eigenvalue weighted by Crippen LogP contribution is -2.22. The van der Waals surface area contributed by atoms with Crippen LogP contribution in [0.1, 0.15) is 10.4 Å². The van der Waals surface area contributed by atoms with Crippen molar-refractivity contribution in [2.45, 2.75) is 4.90 Å². The van der Waals surface area contributed by atoms with Crippen LogP contribution in [-0.4, -0.2) is 51.7 Å². The SMILES string of the molecule is CN(C)c1ccc([N+](=O)[O-])cc1C(=O)Nc1ccc(S(=O)(=O)N(C)C)cc1. The van der Waals surface area contributed by atoms with Crippen molar-refractivity contribution in [1.29, 1.82) is 0 Å². The number of nitro benzene ring substituents is 1. The van der Waals surface area contributed by atoms with Gasteiger partial charge in [0.1, 0.15) is 0 Å². The molecule has 1 amide bonds. The van der Waals surface area contributed by atoms with E-state index in [1.54, 1.807) is 19.0 Å². The lowest BCUT2D eigenvalue weighted by atomic mass is 10.1. The average molecular weight is 392 g/mol. The van der Waals surface area contributed by atoms with E-state index < -0.39 is 20.9 Å². The van der Waals surface area contributed by atoms with Crippen molar-refractivity contribution >= 4 is 33.0 Å². The van der Waals surface area contributed by atoms with Crippen molar-refractivity contribution in [2.75, 3.05) is 38.4 Å². The van der Waals surface area contributed by atoms with Crippen LogP contribution in [0.2, 0.25) is 0 Å². The molecule has 9 nitrogen and oxygen atoms in total. The molecule has 0 fully saturated rings. The Morgan fingerprint density at radius 1 is 1.04 bits per heavy atom. The Morgan fingerprint density at radius 2 is 1.63 bits per heavy atom. The summed E-state index contributed by atoms with van der Waals surface area (Å²) in [6, 6.07) is 9.71. The Kier molecular flexibility index (Phi) is 5.82. The van der Waals surface area contributed by atoms with Crippen molar-refractivity contribution in [1.82, 2.24) is 4.31 Å². The number of non-ortho nitro benzene ring substituents is 1. The van der Waals surface area contributed by atoms with Gasteiger partial charge in [-0.15, -0.1) is 0 Å². The maximum atomic E-state index is 12.6. The summed E-state index contributed by atoms with van der Waals surface area (Å²) in [5, 5.41) is 13.6. The van der Waals surface area contributed by atoms with Gasteiger partial charge in [-0.2, -0.15) is 0 Å². The van der Waals surface area contributed by atoms with Crippen LogP contribution in [0.3, 0.4) is 0 Å². The molecule has 1 N–H and O–H groups in total. The molecule has 2 aromatic carbocycles. The van der Waals surface area contributed by atoms with Crippen LogP contribution in [-0.2, 0) is 10.0 Å². The lowest BCUT2D eigenvalue weighted by molar-refractivity contribution is -0.384. The Labute approximate surface area is 157 Å². The Morgan fingerprint density at radius 3 is 2.11 bits per heavy atom. The molecule has 0 atom stereocenters. The topological polar surface area (TPSA) is 113 Å². The van der Waals surface area contributed by atoms with E-state index in [9.17, 15) is 23.3 Å². The van der Waals surface area contributed by atoms with E-state index in [-0.39, 0.29) is 16.1 Å². The fraction of sp³-hybridized carbons (Fsp3) is 0.235. The number of rotatable bonds is 6. The third kappa shape index (κ3) is 4.41. The molecule has 0 aliphatic rings. The van der Waals surface area contributed by atoms with Gasteiger partial charge < -0.3 is 10.2 Å². The third-order valence-electron chi connectivity index (χ3n) is 3.81. The summed E-state index contributed by atoms with van der Waals surface area (Å²) < 4.78 is 25.2. The number of carbonyl (C=O) groups is 1. The molecular formula is C17H20N4O5S.